The molecule has 0 amide bonds. The average Bonchev–Trinajstić information content (AvgIpc) is 2.26. The molecule has 3 N–H and O–H groups in total. The van der Waals surface area contributed by atoms with E-state index in [0.717, 1.165) is 12.1 Å². The topological polar surface area (TPSA) is 56.5 Å². The van der Waals surface area contributed by atoms with E-state index < -0.39 is 0 Å². The van der Waals surface area contributed by atoms with E-state index in [0.29, 0.717) is 32.3 Å². The summed E-state index contributed by atoms with van der Waals surface area (Å²) in [5.41, 5.74) is 6.73. The second-order valence-electron chi connectivity index (χ2n) is 4.88. The Balaban J connectivity index is 4.03. The number of nitrogens with two attached hydrogens (primary N) is 1. The van der Waals surface area contributed by atoms with Crippen molar-refractivity contribution in [1.82, 2.24) is 5.32 Å². The van der Waals surface area contributed by atoms with E-state index in [9.17, 15) is 0 Å². The van der Waals surface area contributed by atoms with Gasteiger partial charge in [-0.3, -0.25) is 0 Å². The van der Waals surface area contributed by atoms with E-state index in [-0.39, 0.29) is 5.54 Å². The van der Waals surface area contributed by atoms with Crippen LogP contribution < -0.4 is 11.1 Å². The van der Waals surface area contributed by atoms with E-state index in [1.807, 2.05) is 6.92 Å². The molecule has 4 nitrogen and oxygen atoms in total. The molecule has 17 heavy (non-hydrogen) atoms. The summed E-state index contributed by atoms with van der Waals surface area (Å²) >= 11 is 0. The molecule has 0 aromatic rings. The van der Waals surface area contributed by atoms with E-state index >= 15 is 0 Å². The number of hydrogen-bond acceptors (Lipinski definition) is 4. The highest BCUT2D eigenvalue weighted by molar-refractivity contribution is 4.92. The molecule has 0 aliphatic carbocycles. The van der Waals surface area contributed by atoms with Gasteiger partial charge in [-0.05, 0) is 12.8 Å². The summed E-state index contributed by atoms with van der Waals surface area (Å²) in [6, 6.07) is 0. The van der Waals surface area contributed by atoms with Crippen LogP contribution >= 0.6 is 0 Å². The monoisotopic (exact) mass is 244 g/mol. The van der Waals surface area contributed by atoms with Crippen molar-refractivity contribution in [2.45, 2.75) is 26.3 Å². The van der Waals surface area contributed by atoms with Crippen LogP contribution in [0.4, 0.5) is 0 Å². The third-order valence-electron chi connectivity index (χ3n) is 2.94. The Morgan fingerprint density at radius 3 is 2.53 bits per heavy atom. The Morgan fingerprint density at radius 2 is 2.12 bits per heavy atom. The van der Waals surface area contributed by atoms with E-state index in [2.05, 4.69) is 25.7 Å². The van der Waals surface area contributed by atoms with Crippen molar-refractivity contribution in [2.24, 2.45) is 11.7 Å². The summed E-state index contributed by atoms with van der Waals surface area (Å²) < 4.78 is 10.7. The van der Waals surface area contributed by atoms with Crippen molar-refractivity contribution in [3.63, 3.8) is 0 Å². The summed E-state index contributed by atoms with van der Waals surface area (Å²) in [5, 5.41) is 3.45. The fourth-order valence-electron chi connectivity index (χ4n) is 1.66. The van der Waals surface area contributed by atoms with Crippen LogP contribution in [0.5, 0.6) is 0 Å². The van der Waals surface area contributed by atoms with Crippen molar-refractivity contribution in [2.75, 3.05) is 40.0 Å². The zero-order valence-electron chi connectivity index (χ0n) is 11.7. The van der Waals surface area contributed by atoms with Gasteiger partial charge in [-0.1, -0.05) is 26.0 Å². The minimum absolute atomic E-state index is 0.165. The lowest BCUT2D eigenvalue weighted by Crippen LogP contribution is -2.59. The molecule has 0 rings (SSSR count). The quantitative estimate of drug-likeness (QED) is 0.447. The lowest BCUT2D eigenvalue weighted by Gasteiger charge is -2.37. The Kier molecular flexibility index (Phi) is 8.43. The molecule has 0 radical (unpaired) electrons. The molecule has 1 unspecified atom stereocenters. The van der Waals surface area contributed by atoms with Crippen molar-refractivity contribution in [3.8, 4) is 0 Å². The molecule has 0 aromatic heterocycles. The Morgan fingerprint density at radius 1 is 1.47 bits per heavy atom. The molecular formula is C13H28N2O2. The van der Waals surface area contributed by atoms with Crippen LogP contribution in [0.15, 0.2) is 12.2 Å². The normalized spacial score (nSPS) is 14.9. The third kappa shape index (κ3) is 6.17. The van der Waals surface area contributed by atoms with Crippen LogP contribution in [-0.2, 0) is 9.47 Å². The highest BCUT2D eigenvalue weighted by Gasteiger charge is 2.31. The standard InChI is InChI=1S/C13H28N2O2/c1-11(2)8-17-7-6-15-13(9-14,10-16-5)12(3)4/h12,15H,1,6-10,14H2,2-5H3. The number of nitrogens with one attached hydrogen (secondary N) is 1. The van der Waals surface area contributed by atoms with E-state index in [1.54, 1.807) is 7.11 Å². The zero-order valence-corrected chi connectivity index (χ0v) is 11.7. The number of methoxy groups -OCH3 is 1. The van der Waals surface area contributed by atoms with Crippen LogP contribution in [-0.4, -0.2) is 45.6 Å². The van der Waals surface area contributed by atoms with Gasteiger partial charge in [-0.2, -0.15) is 0 Å². The maximum Gasteiger partial charge on any atom is 0.0672 e. The maximum absolute atomic E-state index is 5.86. The molecule has 0 bridgehead atoms. The van der Waals surface area contributed by atoms with Crippen molar-refractivity contribution >= 4 is 0 Å². The highest BCUT2D eigenvalue weighted by Crippen LogP contribution is 2.15. The van der Waals surface area contributed by atoms with Crippen LogP contribution in [0.25, 0.3) is 0 Å². The minimum Gasteiger partial charge on any atom is -0.383 e. The molecule has 0 aliphatic heterocycles. The molecule has 4 heteroatoms. The first-order chi connectivity index (χ1) is 7.98. The fraction of sp³-hybridized carbons (Fsp3) is 0.846. The van der Waals surface area contributed by atoms with Crippen LogP contribution in [0.2, 0.25) is 0 Å². The fourth-order valence-corrected chi connectivity index (χ4v) is 1.66. The molecule has 0 spiro atoms. The first-order valence-electron chi connectivity index (χ1n) is 6.14. The van der Waals surface area contributed by atoms with Gasteiger partial charge in [0.2, 0.25) is 0 Å². The van der Waals surface area contributed by atoms with Gasteiger partial charge in [0.15, 0.2) is 0 Å². The van der Waals surface area contributed by atoms with Crippen LogP contribution in [0.1, 0.15) is 20.8 Å². The Labute approximate surface area is 106 Å². The molecule has 102 valence electrons. The molecule has 0 aromatic carbocycles. The zero-order chi connectivity index (χ0) is 13.3. The predicted octanol–water partition coefficient (Wildman–Crippen LogP) is 1.17. The van der Waals surface area contributed by atoms with Crippen molar-refractivity contribution in [3.05, 3.63) is 12.2 Å². The first-order valence-corrected chi connectivity index (χ1v) is 6.14. The van der Waals surface area contributed by atoms with E-state index in [1.165, 1.54) is 0 Å². The van der Waals surface area contributed by atoms with Gasteiger partial charge in [0.1, 0.15) is 0 Å². The number of ether oxygens (including phenoxy) is 2. The summed E-state index contributed by atoms with van der Waals surface area (Å²) in [4.78, 5) is 0. The van der Waals surface area contributed by atoms with Gasteiger partial charge in [0.25, 0.3) is 0 Å². The van der Waals surface area contributed by atoms with Gasteiger partial charge < -0.3 is 20.5 Å². The first kappa shape index (κ1) is 16.6. The number of hydrogen-bond donors (Lipinski definition) is 2. The minimum atomic E-state index is -0.165. The lowest BCUT2D eigenvalue weighted by atomic mass is 9.87. The SMILES string of the molecule is C=C(C)COCCNC(CN)(COC)C(C)C. The number of rotatable bonds is 10. The molecule has 1 atom stereocenters. The van der Waals surface area contributed by atoms with Crippen molar-refractivity contribution < 1.29 is 9.47 Å². The maximum atomic E-state index is 5.86. The summed E-state index contributed by atoms with van der Waals surface area (Å²) in [6.45, 7) is 13.2. The summed E-state index contributed by atoms with van der Waals surface area (Å²) in [6.07, 6.45) is 0. The summed E-state index contributed by atoms with van der Waals surface area (Å²) in [5.74, 6) is 0.411. The highest BCUT2D eigenvalue weighted by atomic mass is 16.5. The molecule has 0 aliphatic rings. The molecule has 0 heterocycles. The Hall–Kier alpha value is -0.420. The second kappa shape index (κ2) is 8.64. The van der Waals surface area contributed by atoms with Gasteiger partial charge in [-0.15, -0.1) is 0 Å². The van der Waals surface area contributed by atoms with Crippen LogP contribution in [0, 0.1) is 5.92 Å². The smallest absolute Gasteiger partial charge is 0.0672 e. The lowest BCUT2D eigenvalue weighted by molar-refractivity contribution is 0.0724. The van der Waals surface area contributed by atoms with Crippen molar-refractivity contribution in [1.29, 1.82) is 0 Å². The predicted molar refractivity (Wildman–Crippen MR) is 72.1 cm³/mol. The largest absolute Gasteiger partial charge is 0.383 e. The second-order valence-corrected chi connectivity index (χ2v) is 4.88. The molecule has 0 saturated heterocycles. The van der Waals surface area contributed by atoms with E-state index in [4.69, 9.17) is 15.2 Å². The van der Waals surface area contributed by atoms with Gasteiger partial charge >= 0.3 is 0 Å². The molecular weight excluding hydrogens is 216 g/mol. The summed E-state index contributed by atoms with van der Waals surface area (Å²) in [7, 11) is 1.70. The van der Waals surface area contributed by atoms with Gasteiger partial charge in [-0.25, -0.2) is 0 Å². The van der Waals surface area contributed by atoms with Gasteiger partial charge in [0.05, 0.1) is 25.4 Å². The average molecular weight is 244 g/mol. The molecule has 0 saturated carbocycles. The Bertz CT molecular complexity index is 219. The third-order valence-corrected chi connectivity index (χ3v) is 2.94. The molecule has 0 fully saturated rings. The van der Waals surface area contributed by atoms with Crippen LogP contribution in [0.3, 0.4) is 0 Å². The van der Waals surface area contributed by atoms with Gasteiger partial charge in [0, 0.05) is 20.2 Å².